The van der Waals surface area contributed by atoms with Crippen LogP contribution >= 0.6 is 0 Å². The summed E-state index contributed by atoms with van der Waals surface area (Å²) in [5.41, 5.74) is 0.224. The van der Waals surface area contributed by atoms with E-state index in [4.69, 9.17) is 4.74 Å². The number of halogens is 2. The fourth-order valence-corrected chi connectivity index (χ4v) is 1.95. The zero-order valence-corrected chi connectivity index (χ0v) is 9.42. The third-order valence-corrected chi connectivity index (χ3v) is 3.00. The van der Waals surface area contributed by atoms with E-state index in [1.807, 2.05) is 0 Å². The van der Waals surface area contributed by atoms with Gasteiger partial charge in [-0.15, -0.1) is 0 Å². The summed E-state index contributed by atoms with van der Waals surface area (Å²) in [5, 5.41) is 0. The van der Waals surface area contributed by atoms with Gasteiger partial charge in [-0.3, -0.25) is 4.79 Å². The maximum Gasteiger partial charge on any atom is 0.164 e. The van der Waals surface area contributed by atoms with Gasteiger partial charge in [-0.1, -0.05) is 12.1 Å². The summed E-state index contributed by atoms with van der Waals surface area (Å²) in [6.07, 6.45) is 2.38. The lowest BCUT2D eigenvalue weighted by molar-refractivity contribution is -0.123. The number of ether oxygens (including phenoxy) is 1. The van der Waals surface area contributed by atoms with Gasteiger partial charge in [0.15, 0.2) is 11.6 Å². The van der Waals surface area contributed by atoms with Gasteiger partial charge in [0.05, 0.1) is 12.7 Å². The van der Waals surface area contributed by atoms with E-state index < -0.39 is 11.6 Å². The van der Waals surface area contributed by atoms with Gasteiger partial charge in [-0.2, -0.15) is 0 Å². The molecule has 0 spiro atoms. The quantitative estimate of drug-likeness (QED) is 0.811. The van der Waals surface area contributed by atoms with Crippen LogP contribution in [-0.4, -0.2) is 11.9 Å². The molecule has 0 amide bonds. The van der Waals surface area contributed by atoms with Crippen molar-refractivity contribution in [3.05, 3.63) is 35.4 Å². The number of carbonyl (C=O) groups excluding carboxylic acids is 1. The second-order valence-corrected chi connectivity index (χ2v) is 4.26. The molecule has 2 nitrogen and oxygen atoms in total. The van der Waals surface area contributed by atoms with Crippen molar-refractivity contribution < 1.29 is 18.3 Å². The monoisotopic (exact) mass is 240 g/mol. The van der Waals surface area contributed by atoms with Crippen molar-refractivity contribution in [3.63, 3.8) is 0 Å². The SMILES string of the molecule is O=C1CCC(OCc2cccc(F)c2F)CC1. The second-order valence-electron chi connectivity index (χ2n) is 4.26. The van der Waals surface area contributed by atoms with Crippen molar-refractivity contribution >= 4 is 5.78 Å². The first-order valence-corrected chi connectivity index (χ1v) is 5.73. The van der Waals surface area contributed by atoms with E-state index in [0.29, 0.717) is 25.7 Å². The summed E-state index contributed by atoms with van der Waals surface area (Å²) in [4.78, 5) is 11.0. The molecule has 1 saturated carbocycles. The van der Waals surface area contributed by atoms with Gasteiger partial charge in [-0.05, 0) is 18.9 Å². The van der Waals surface area contributed by atoms with Crippen LogP contribution in [0.3, 0.4) is 0 Å². The number of rotatable bonds is 3. The highest BCUT2D eigenvalue weighted by atomic mass is 19.2. The topological polar surface area (TPSA) is 26.3 Å². The van der Waals surface area contributed by atoms with E-state index in [1.54, 1.807) is 0 Å². The number of Topliss-reactive ketones (excluding diaryl/α,β-unsaturated/α-hetero) is 1. The number of ketones is 1. The van der Waals surface area contributed by atoms with Crippen molar-refractivity contribution in [2.24, 2.45) is 0 Å². The lowest BCUT2D eigenvalue weighted by Crippen LogP contribution is -2.21. The molecule has 1 aliphatic rings. The van der Waals surface area contributed by atoms with E-state index in [-0.39, 0.29) is 24.1 Å². The molecule has 0 unspecified atom stereocenters. The van der Waals surface area contributed by atoms with Crippen molar-refractivity contribution in [2.75, 3.05) is 0 Å². The van der Waals surface area contributed by atoms with Gasteiger partial charge >= 0.3 is 0 Å². The van der Waals surface area contributed by atoms with Crippen LogP contribution in [0.25, 0.3) is 0 Å². The average Bonchev–Trinajstić information content (AvgIpc) is 2.33. The normalized spacial score (nSPS) is 17.4. The van der Waals surface area contributed by atoms with E-state index in [0.717, 1.165) is 6.07 Å². The number of benzene rings is 1. The molecule has 0 radical (unpaired) electrons. The molecule has 4 heteroatoms. The first kappa shape index (κ1) is 12.2. The molecule has 1 aromatic rings. The van der Waals surface area contributed by atoms with Gasteiger partial charge in [0.2, 0.25) is 0 Å². The predicted octanol–water partition coefficient (Wildman–Crippen LogP) is 2.99. The van der Waals surface area contributed by atoms with Crippen LogP contribution in [0.5, 0.6) is 0 Å². The molecule has 0 N–H and O–H groups in total. The van der Waals surface area contributed by atoms with Crippen LogP contribution < -0.4 is 0 Å². The Morgan fingerprint density at radius 2 is 1.94 bits per heavy atom. The zero-order valence-electron chi connectivity index (χ0n) is 9.42. The van der Waals surface area contributed by atoms with Crippen molar-refractivity contribution in [1.82, 2.24) is 0 Å². The molecule has 1 aliphatic carbocycles. The highest BCUT2D eigenvalue weighted by Crippen LogP contribution is 2.20. The molecule has 0 atom stereocenters. The summed E-state index contributed by atoms with van der Waals surface area (Å²) < 4.78 is 31.7. The summed E-state index contributed by atoms with van der Waals surface area (Å²) in [6, 6.07) is 4.05. The molecule has 0 saturated heterocycles. The fourth-order valence-electron chi connectivity index (χ4n) is 1.95. The molecule has 17 heavy (non-hydrogen) atoms. The van der Waals surface area contributed by atoms with Crippen molar-refractivity contribution in [2.45, 2.75) is 38.4 Å². The third kappa shape index (κ3) is 3.09. The molecular formula is C13H14F2O2. The second kappa shape index (κ2) is 5.36. The van der Waals surface area contributed by atoms with Gasteiger partial charge in [-0.25, -0.2) is 8.78 Å². The van der Waals surface area contributed by atoms with Crippen LogP contribution in [0.2, 0.25) is 0 Å². The standard InChI is InChI=1S/C13H14F2O2/c14-12-3-1-2-9(13(12)15)8-17-11-6-4-10(16)5-7-11/h1-3,11H,4-8H2. The first-order chi connectivity index (χ1) is 8.16. The first-order valence-electron chi connectivity index (χ1n) is 5.73. The van der Waals surface area contributed by atoms with Crippen LogP contribution in [0.4, 0.5) is 8.78 Å². The fraction of sp³-hybridized carbons (Fsp3) is 0.462. The molecule has 1 fully saturated rings. The van der Waals surface area contributed by atoms with E-state index in [9.17, 15) is 13.6 Å². The zero-order chi connectivity index (χ0) is 12.3. The molecular weight excluding hydrogens is 226 g/mol. The van der Waals surface area contributed by atoms with Gasteiger partial charge in [0.1, 0.15) is 5.78 Å². The summed E-state index contributed by atoms with van der Waals surface area (Å²) in [5.74, 6) is -1.45. The lowest BCUT2D eigenvalue weighted by Gasteiger charge is -2.21. The lowest BCUT2D eigenvalue weighted by atomic mass is 9.96. The number of hydrogen-bond acceptors (Lipinski definition) is 2. The molecule has 92 valence electrons. The Labute approximate surface area is 98.6 Å². The Morgan fingerprint density at radius 1 is 1.24 bits per heavy atom. The highest BCUT2D eigenvalue weighted by molar-refractivity contribution is 5.79. The Hall–Kier alpha value is -1.29. The summed E-state index contributed by atoms with van der Waals surface area (Å²) >= 11 is 0. The predicted molar refractivity (Wildman–Crippen MR) is 58.4 cm³/mol. The van der Waals surface area contributed by atoms with Gasteiger partial charge < -0.3 is 4.74 Å². The third-order valence-electron chi connectivity index (χ3n) is 3.00. The van der Waals surface area contributed by atoms with Crippen LogP contribution in [-0.2, 0) is 16.1 Å². The Balaban J connectivity index is 1.89. The van der Waals surface area contributed by atoms with Gasteiger partial charge in [0, 0.05) is 18.4 Å². The molecule has 0 aromatic heterocycles. The minimum absolute atomic E-state index is 0.0182. The van der Waals surface area contributed by atoms with E-state index in [2.05, 4.69) is 0 Å². The van der Waals surface area contributed by atoms with E-state index in [1.165, 1.54) is 12.1 Å². The highest BCUT2D eigenvalue weighted by Gasteiger charge is 2.19. The minimum Gasteiger partial charge on any atom is -0.373 e. The smallest absolute Gasteiger partial charge is 0.164 e. The molecule has 0 heterocycles. The van der Waals surface area contributed by atoms with Crippen LogP contribution in [0.15, 0.2) is 18.2 Å². The Morgan fingerprint density at radius 3 is 2.65 bits per heavy atom. The maximum atomic E-state index is 13.3. The van der Waals surface area contributed by atoms with E-state index >= 15 is 0 Å². The van der Waals surface area contributed by atoms with Crippen LogP contribution in [0, 0.1) is 11.6 Å². The Kier molecular flexibility index (Phi) is 3.84. The number of carbonyl (C=O) groups is 1. The minimum atomic E-state index is -0.857. The number of hydrogen-bond donors (Lipinski definition) is 0. The van der Waals surface area contributed by atoms with Crippen molar-refractivity contribution in [3.8, 4) is 0 Å². The molecule has 2 rings (SSSR count). The average molecular weight is 240 g/mol. The molecule has 0 bridgehead atoms. The Bertz CT molecular complexity index is 408. The maximum absolute atomic E-state index is 13.3. The van der Waals surface area contributed by atoms with Crippen molar-refractivity contribution in [1.29, 1.82) is 0 Å². The largest absolute Gasteiger partial charge is 0.373 e. The van der Waals surface area contributed by atoms with Gasteiger partial charge in [0.25, 0.3) is 0 Å². The van der Waals surface area contributed by atoms with Crippen LogP contribution in [0.1, 0.15) is 31.2 Å². The summed E-state index contributed by atoms with van der Waals surface area (Å²) in [6.45, 7) is 0.0580. The molecule has 1 aromatic carbocycles. The summed E-state index contributed by atoms with van der Waals surface area (Å²) in [7, 11) is 0. The molecule has 0 aliphatic heterocycles.